The summed E-state index contributed by atoms with van der Waals surface area (Å²) >= 11 is 0. The van der Waals surface area contributed by atoms with E-state index in [1.807, 2.05) is 0 Å². The minimum absolute atomic E-state index is 0.0614. The Hall–Kier alpha value is -1.92. The molecule has 2 unspecified atom stereocenters. The van der Waals surface area contributed by atoms with Crippen LogP contribution in [-0.4, -0.2) is 40.9 Å². The van der Waals surface area contributed by atoms with Crippen molar-refractivity contribution in [2.24, 2.45) is 0 Å². The quantitative estimate of drug-likeness (QED) is 0.189. The fourth-order valence-electron chi connectivity index (χ4n) is 3.18. The van der Waals surface area contributed by atoms with E-state index >= 15 is 0 Å². The largest absolute Gasteiger partial charge is 0.465 e. The summed E-state index contributed by atoms with van der Waals surface area (Å²) in [7, 11) is -3.33. The number of rotatable bonds is 10. The van der Waals surface area contributed by atoms with E-state index in [2.05, 4.69) is 6.92 Å². The molecule has 9 heteroatoms. The van der Waals surface area contributed by atoms with Crippen LogP contribution in [-0.2, 0) is 14.1 Å². The number of ether oxygens (including phenoxy) is 1. The molecule has 0 spiro atoms. The Morgan fingerprint density at radius 2 is 2.00 bits per heavy atom. The van der Waals surface area contributed by atoms with Gasteiger partial charge >= 0.3 is 13.5 Å². The molecule has 2 rings (SSSR count). The second-order valence-corrected chi connectivity index (χ2v) is 8.90. The van der Waals surface area contributed by atoms with Crippen molar-refractivity contribution < 1.29 is 23.5 Å². The molecule has 2 atom stereocenters. The number of nitrogens with zero attached hydrogens (tertiary/aromatic N) is 2. The van der Waals surface area contributed by atoms with Crippen molar-refractivity contribution in [3.63, 3.8) is 0 Å². The molecule has 0 N–H and O–H groups in total. The minimum atomic E-state index is -3.33. The number of nitro groups is 1. The third kappa shape index (κ3) is 5.53. The first-order chi connectivity index (χ1) is 12.9. The van der Waals surface area contributed by atoms with Crippen LogP contribution in [0.2, 0.25) is 0 Å². The Labute approximate surface area is 159 Å². The molecular formula is C18H27N2O6P. The van der Waals surface area contributed by atoms with Crippen LogP contribution in [0.15, 0.2) is 24.3 Å². The molecular weight excluding hydrogens is 371 g/mol. The number of nitro benzene ring substituents is 1. The van der Waals surface area contributed by atoms with Gasteiger partial charge in [0.1, 0.15) is 11.8 Å². The number of hydrogen-bond acceptors (Lipinski definition) is 6. The molecule has 1 aliphatic rings. The lowest BCUT2D eigenvalue weighted by Crippen LogP contribution is -2.37. The third-order valence-corrected chi connectivity index (χ3v) is 7.15. The van der Waals surface area contributed by atoms with Crippen molar-refractivity contribution in [1.82, 2.24) is 4.67 Å². The second kappa shape index (κ2) is 9.85. The number of unbranched alkanes of at least 4 members (excludes halogenated alkanes) is 2. The number of esters is 1. The summed E-state index contributed by atoms with van der Waals surface area (Å²) in [4.78, 5) is 22.6. The highest BCUT2D eigenvalue weighted by Crippen LogP contribution is 2.55. The molecule has 0 aromatic heterocycles. The maximum absolute atomic E-state index is 13.8. The molecule has 1 aromatic carbocycles. The molecule has 1 heterocycles. The Kier molecular flexibility index (Phi) is 7.80. The van der Waals surface area contributed by atoms with Crippen LogP contribution in [0.3, 0.4) is 0 Å². The first-order valence-corrected chi connectivity index (χ1v) is 11.1. The van der Waals surface area contributed by atoms with Gasteiger partial charge in [0.05, 0.1) is 11.5 Å². The highest BCUT2D eigenvalue weighted by molar-refractivity contribution is 7.57. The van der Waals surface area contributed by atoms with E-state index in [0.29, 0.717) is 31.3 Å². The normalized spacial score (nSPS) is 19.4. The van der Waals surface area contributed by atoms with E-state index in [-0.39, 0.29) is 18.3 Å². The number of hydrogen-bond donors (Lipinski definition) is 0. The third-order valence-electron chi connectivity index (χ3n) is 4.51. The van der Waals surface area contributed by atoms with Crippen LogP contribution in [0.5, 0.6) is 5.75 Å². The SMILES string of the molecule is CCCCCP(=O)(Oc1ccc([N+](=O)[O-])cc1)N1CCCC1C(=O)OCC. The predicted molar refractivity (Wildman–Crippen MR) is 102 cm³/mol. The first kappa shape index (κ1) is 21.4. The number of benzene rings is 1. The lowest BCUT2D eigenvalue weighted by molar-refractivity contribution is -0.384. The highest BCUT2D eigenvalue weighted by atomic mass is 31.2. The molecule has 0 aliphatic carbocycles. The summed E-state index contributed by atoms with van der Waals surface area (Å²) in [6.07, 6.45) is 4.25. The van der Waals surface area contributed by atoms with Gasteiger partial charge in [0.2, 0.25) is 0 Å². The Balaban J connectivity index is 2.24. The van der Waals surface area contributed by atoms with E-state index < -0.39 is 18.5 Å². The summed E-state index contributed by atoms with van der Waals surface area (Å²) < 4.78 is 26.4. The van der Waals surface area contributed by atoms with Crippen molar-refractivity contribution in [2.45, 2.75) is 52.0 Å². The molecule has 150 valence electrons. The van der Waals surface area contributed by atoms with Gasteiger partial charge in [-0.05, 0) is 38.3 Å². The van der Waals surface area contributed by atoms with Gasteiger partial charge in [-0.3, -0.25) is 19.5 Å². The molecule has 0 saturated carbocycles. The Morgan fingerprint density at radius 3 is 2.59 bits per heavy atom. The smallest absolute Gasteiger partial charge is 0.323 e. The molecule has 0 radical (unpaired) electrons. The van der Waals surface area contributed by atoms with Crippen LogP contribution in [0, 0.1) is 10.1 Å². The van der Waals surface area contributed by atoms with Gasteiger partial charge < -0.3 is 9.26 Å². The second-order valence-electron chi connectivity index (χ2n) is 6.48. The van der Waals surface area contributed by atoms with Crippen LogP contribution < -0.4 is 4.52 Å². The van der Waals surface area contributed by atoms with Crippen LogP contribution in [0.25, 0.3) is 0 Å². The maximum atomic E-state index is 13.8. The van der Waals surface area contributed by atoms with Gasteiger partial charge in [-0.25, -0.2) is 4.67 Å². The molecule has 1 aromatic rings. The van der Waals surface area contributed by atoms with Crippen LogP contribution in [0.4, 0.5) is 5.69 Å². The number of carbonyl (C=O) groups is 1. The summed E-state index contributed by atoms with van der Waals surface area (Å²) in [6, 6.07) is 4.95. The number of carbonyl (C=O) groups excluding carboxylic acids is 1. The lowest BCUT2D eigenvalue weighted by Gasteiger charge is -2.31. The molecule has 0 bridgehead atoms. The zero-order valence-electron chi connectivity index (χ0n) is 15.8. The van der Waals surface area contributed by atoms with Crippen molar-refractivity contribution >= 4 is 19.2 Å². The summed E-state index contributed by atoms with van der Waals surface area (Å²) in [5, 5.41) is 10.8. The minimum Gasteiger partial charge on any atom is -0.465 e. The van der Waals surface area contributed by atoms with Crippen molar-refractivity contribution in [3.05, 3.63) is 34.4 Å². The average Bonchev–Trinajstić information content (AvgIpc) is 3.13. The Morgan fingerprint density at radius 1 is 1.30 bits per heavy atom. The fourth-order valence-corrected chi connectivity index (χ4v) is 5.78. The maximum Gasteiger partial charge on any atom is 0.323 e. The van der Waals surface area contributed by atoms with Gasteiger partial charge in [0.15, 0.2) is 0 Å². The van der Waals surface area contributed by atoms with Gasteiger partial charge in [-0.2, -0.15) is 0 Å². The van der Waals surface area contributed by atoms with Crippen molar-refractivity contribution in [3.8, 4) is 5.75 Å². The lowest BCUT2D eigenvalue weighted by atomic mass is 10.2. The van der Waals surface area contributed by atoms with Crippen LogP contribution in [0.1, 0.15) is 46.0 Å². The van der Waals surface area contributed by atoms with E-state index in [0.717, 1.165) is 19.3 Å². The molecule has 1 saturated heterocycles. The monoisotopic (exact) mass is 398 g/mol. The summed E-state index contributed by atoms with van der Waals surface area (Å²) in [5.41, 5.74) is -0.0614. The summed E-state index contributed by atoms with van der Waals surface area (Å²) in [5.74, 6) is -0.0760. The first-order valence-electron chi connectivity index (χ1n) is 9.38. The van der Waals surface area contributed by atoms with Gasteiger partial charge in [-0.1, -0.05) is 19.8 Å². The molecule has 0 amide bonds. The van der Waals surface area contributed by atoms with Gasteiger partial charge in [-0.15, -0.1) is 0 Å². The molecule has 1 aliphatic heterocycles. The Bertz CT molecular complexity index is 694. The van der Waals surface area contributed by atoms with Crippen molar-refractivity contribution in [2.75, 3.05) is 19.3 Å². The van der Waals surface area contributed by atoms with E-state index in [1.54, 1.807) is 11.6 Å². The standard InChI is InChI=1S/C18H27N2O6P/c1-3-5-6-14-27(24,19-13-7-8-17(19)18(21)25-4-2)26-16-11-9-15(10-12-16)20(22)23/h9-12,17H,3-8,13-14H2,1-2H3. The number of non-ortho nitro benzene ring substituents is 1. The highest BCUT2D eigenvalue weighted by Gasteiger charge is 2.44. The molecule has 1 fully saturated rings. The average molecular weight is 398 g/mol. The molecule has 8 nitrogen and oxygen atoms in total. The summed E-state index contributed by atoms with van der Waals surface area (Å²) in [6.45, 7) is 4.57. The van der Waals surface area contributed by atoms with Crippen LogP contribution >= 0.6 is 7.52 Å². The zero-order valence-corrected chi connectivity index (χ0v) is 16.7. The zero-order chi connectivity index (χ0) is 19.9. The van der Waals surface area contributed by atoms with E-state index in [1.165, 1.54) is 24.3 Å². The van der Waals surface area contributed by atoms with Gasteiger partial charge in [0, 0.05) is 24.8 Å². The predicted octanol–water partition coefficient (Wildman–Crippen LogP) is 4.38. The topological polar surface area (TPSA) is 99.0 Å². The van der Waals surface area contributed by atoms with E-state index in [4.69, 9.17) is 9.26 Å². The van der Waals surface area contributed by atoms with Gasteiger partial charge in [0.25, 0.3) is 5.69 Å². The molecule has 27 heavy (non-hydrogen) atoms. The van der Waals surface area contributed by atoms with Crippen molar-refractivity contribution in [1.29, 1.82) is 0 Å². The fraction of sp³-hybridized carbons (Fsp3) is 0.611. The van der Waals surface area contributed by atoms with E-state index in [9.17, 15) is 19.5 Å².